The Hall–Kier alpha value is -1.92. The fourth-order valence-electron chi connectivity index (χ4n) is 2.63. The molecule has 0 aromatic carbocycles. The second-order valence-corrected chi connectivity index (χ2v) is 5.73. The maximum Gasteiger partial charge on any atom is 0.358 e. The van der Waals surface area contributed by atoms with Gasteiger partial charge in [0.25, 0.3) is 0 Å². The van der Waals surface area contributed by atoms with Crippen molar-refractivity contribution in [2.45, 2.75) is 33.2 Å². The molecule has 1 fully saturated rings. The van der Waals surface area contributed by atoms with Gasteiger partial charge in [0.05, 0.1) is 6.20 Å². The number of amides is 1. The van der Waals surface area contributed by atoms with Gasteiger partial charge in [-0.15, -0.1) is 5.10 Å². The van der Waals surface area contributed by atoms with E-state index in [1.807, 2.05) is 4.90 Å². The van der Waals surface area contributed by atoms with Gasteiger partial charge < -0.3 is 10.0 Å². The summed E-state index contributed by atoms with van der Waals surface area (Å²) in [5, 5.41) is 15.9. The molecule has 0 bridgehead atoms. The Morgan fingerprint density at radius 2 is 2.25 bits per heavy atom. The summed E-state index contributed by atoms with van der Waals surface area (Å²) in [5.41, 5.74) is -0.142. The number of carboxylic acid groups (broad SMARTS) is 1. The standard InChI is InChI=1S/C13H20N4O3/c1-9(2)5-10-3-4-16(6-10)12(18)8-17-7-11(13(19)20)14-15-17/h7,9-10H,3-6,8H2,1-2H3,(H,19,20). The monoisotopic (exact) mass is 280 g/mol. The molecule has 1 amide bonds. The van der Waals surface area contributed by atoms with Gasteiger partial charge in [0, 0.05) is 13.1 Å². The summed E-state index contributed by atoms with van der Waals surface area (Å²) in [5.74, 6) is 0.0488. The molecule has 20 heavy (non-hydrogen) atoms. The van der Waals surface area contributed by atoms with Crippen LogP contribution < -0.4 is 0 Å². The SMILES string of the molecule is CC(C)CC1CCN(C(=O)Cn2cc(C(=O)O)nn2)C1. The van der Waals surface area contributed by atoms with Crippen molar-refractivity contribution >= 4 is 11.9 Å². The lowest BCUT2D eigenvalue weighted by Crippen LogP contribution is -2.32. The highest BCUT2D eigenvalue weighted by molar-refractivity contribution is 5.84. The van der Waals surface area contributed by atoms with Crippen molar-refractivity contribution in [1.82, 2.24) is 19.9 Å². The minimum Gasteiger partial charge on any atom is -0.476 e. The molecule has 110 valence electrons. The summed E-state index contributed by atoms with van der Waals surface area (Å²) in [6.07, 6.45) is 3.46. The lowest BCUT2D eigenvalue weighted by atomic mass is 9.97. The van der Waals surface area contributed by atoms with E-state index in [-0.39, 0.29) is 18.1 Å². The molecule has 1 aliphatic rings. The maximum atomic E-state index is 12.1. The lowest BCUT2D eigenvalue weighted by molar-refractivity contribution is -0.131. The number of aromatic carboxylic acids is 1. The number of carboxylic acids is 1. The van der Waals surface area contributed by atoms with Gasteiger partial charge >= 0.3 is 5.97 Å². The number of hydrogen-bond donors (Lipinski definition) is 1. The number of carbonyl (C=O) groups is 2. The van der Waals surface area contributed by atoms with Crippen molar-refractivity contribution in [2.24, 2.45) is 11.8 Å². The molecule has 0 aliphatic carbocycles. The van der Waals surface area contributed by atoms with Crippen LogP contribution in [0.1, 0.15) is 37.2 Å². The zero-order valence-electron chi connectivity index (χ0n) is 11.8. The molecule has 0 saturated carbocycles. The smallest absolute Gasteiger partial charge is 0.358 e. The number of rotatable bonds is 5. The highest BCUT2D eigenvalue weighted by Gasteiger charge is 2.26. The molecule has 1 aromatic heterocycles. The van der Waals surface area contributed by atoms with Crippen LogP contribution in [0, 0.1) is 11.8 Å². The van der Waals surface area contributed by atoms with Crippen molar-refractivity contribution in [1.29, 1.82) is 0 Å². The Morgan fingerprint density at radius 3 is 2.85 bits per heavy atom. The fourth-order valence-corrected chi connectivity index (χ4v) is 2.63. The van der Waals surface area contributed by atoms with Crippen LogP contribution in [0.5, 0.6) is 0 Å². The molecule has 7 nitrogen and oxygen atoms in total. The topological polar surface area (TPSA) is 88.3 Å². The molecule has 7 heteroatoms. The van der Waals surface area contributed by atoms with E-state index in [0.717, 1.165) is 25.9 Å². The Balaban J connectivity index is 1.87. The third-order valence-electron chi connectivity index (χ3n) is 3.50. The predicted molar refractivity (Wildman–Crippen MR) is 71.1 cm³/mol. The predicted octanol–water partition coefficient (Wildman–Crippen LogP) is 0.871. The second kappa shape index (κ2) is 6.02. The van der Waals surface area contributed by atoms with Crippen molar-refractivity contribution in [3.63, 3.8) is 0 Å². The first-order chi connectivity index (χ1) is 9.45. The molecule has 1 aromatic rings. The Morgan fingerprint density at radius 1 is 1.50 bits per heavy atom. The molecule has 0 radical (unpaired) electrons. The van der Waals surface area contributed by atoms with Gasteiger partial charge in [0.2, 0.25) is 5.91 Å². The quantitative estimate of drug-likeness (QED) is 0.864. The van der Waals surface area contributed by atoms with Crippen molar-refractivity contribution in [2.75, 3.05) is 13.1 Å². The molecule has 1 N–H and O–H groups in total. The van der Waals surface area contributed by atoms with Gasteiger partial charge in [-0.2, -0.15) is 0 Å². The van der Waals surface area contributed by atoms with E-state index in [4.69, 9.17) is 5.11 Å². The van der Waals surface area contributed by atoms with Gasteiger partial charge in [-0.05, 0) is 24.7 Å². The van der Waals surface area contributed by atoms with E-state index in [2.05, 4.69) is 24.2 Å². The fraction of sp³-hybridized carbons (Fsp3) is 0.692. The van der Waals surface area contributed by atoms with E-state index in [1.165, 1.54) is 10.9 Å². The molecule has 1 aliphatic heterocycles. The Kier molecular flexibility index (Phi) is 4.36. The largest absolute Gasteiger partial charge is 0.476 e. The van der Waals surface area contributed by atoms with Gasteiger partial charge in [-0.3, -0.25) is 4.79 Å². The summed E-state index contributed by atoms with van der Waals surface area (Å²) in [6, 6.07) is 0. The first kappa shape index (κ1) is 14.5. The van der Waals surface area contributed by atoms with Crippen molar-refractivity contribution < 1.29 is 14.7 Å². The molecule has 1 unspecified atom stereocenters. The summed E-state index contributed by atoms with van der Waals surface area (Å²) in [4.78, 5) is 24.6. The van der Waals surface area contributed by atoms with Crippen LogP contribution in [0.25, 0.3) is 0 Å². The average Bonchev–Trinajstić information content (AvgIpc) is 2.97. The minimum atomic E-state index is -1.14. The first-order valence-corrected chi connectivity index (χ1v) is 6.87. The highest BCUT2D eigenvalue weighted by Crippen LogP contribution is 2.23. The molecule has 1 atom stereocenters. The number of nitrogens with zero attached hydrogens (tertiary/aromatic N) is 4. The van der Waals surface area contributed by atoms with Crippen LogP contribution in [0.3, 0.4) is 0 Å². The normalized spacial score (nSPS) is 18.8. The summed E-state index contributed by atoms with van der Waals surface area (Å²) in [7, 11) is 0. The maximum absolute atomic E-state index is 12.1. The molecule has 2 rings (SSSR count). The van der Waals surface area contributed by atoms with Crippen LogP contribution >= 0.6 is 0 Å². The highest BCUT2D eigenvalue weighted by atomic mass is 16.4. The summed E-state index contributed by atoms with van der Waals surface area (Å²) < 4.78 is 1.28. The summed E-state index contributed by atoms with van der Waals surface area (Å²) in [6.45, 7) is 5.99. The van der Waals surface area contributed by atoms with E-state index >= 15 is 0 Å². The summed E-state index contributed by atoms with van der Waals surface area (Å²) >= 11 is 0. The Labute approximate surface area is 117 Å². The number of hydrogen-bond acceptors (Lipinski definition) is 4. The molecular formula is C13H20N4O3. The van der Waals surface area contributed by atoms with Crippen LogP contribution in [0.2, 0.25) is 0 Å². The van der Waals surface area contributed by atoms with Gasteiger partial charge in [0.1, 0.15) is 6.54 Å². The van der Waals surface area contributed by atoms with Crippen LogP contribution in [-0.4, -0.2) is 50.0 Å². The van der Waals surface area contributed by atoms with E-state index < -0.39 is 5.97 Å². The first-order valence-electron chi connectivity index (χ1n) is 6.87. The third kappa shape index (κ3) is 3.55. The van der Waals surface area contributed by atoms with Crippen molar-refractivity contribution in [3.8, 4) is 0 Å². The molecule has 0 spiro atoms. The van der Waals surface area contributed by atoms with Gasteiger partial charge in [0.15, 0.2) is 5.69 Å². The molecular weight excluding hydrogens is 260 g/mol. The lowest BCUT2D eigenvalue weighted by Gasteiger charge is -2.17. The van der Waals surface area contributed by atoms with Crippen LogP contribution in [0.4, 0.5) is 0 Å². The van der Waals surface area contributed by atoms with E-state index in [1.54, 1.807) is 0 Å². The minimum absolute atomic E-state index is 0.0295. The van der Waals surface area contributed by atoms with E-state index in [9.17, 15) is 9.59 Å². The van der Waals surface area contributed by atoms with E-state index in [0.29, 0.717) is 11.8 Å². The van der Waals surface area contributed by atoms with Gasteiger partial charge in [-0.1, -0.05) is 19.1 Å². The van der Waals surface area contributed by atoms with Gasteiger partial charge in [-0.25, -0.2) is 9.48 Å². The van der Waals surface area contributed by atoms with Crippen LogP contribution in [0.15, 0.2) is 6.20 Å². The number of aromatic nitrogens is 3. The number of likely N-dealkylation sites (tertiary alicyclic amines) is 1. The average molecular weight is 280 g/mol. The third-order valence-corrected chi connectivity index (χ3v) is 3.50. The van der Waals surface area contributed by atoms with Crippen molar-refractivity contribution in [3.05, 3.63) is 11.9 Å². The molecule has 2 heterocycles. The zero-order valence-corrected chi connectivity index (χ0v) is 11.8. The van der Waals surface area contributed by atoms with Crippen LogP contribution in [-0.2, 0) is 11.3 Å². The molecule has 1 saturated heterocycles. The Bertz CT molecular complexity index is 498. The zero-order chi connectivity index (χ0) is 14.7. The number of carbonyl (C=O) groups excluding carboxylic acids is 1. The second-order valence-electron chi connectivity index (χ2n) is 5.73.